The van der Waals surface area contributed by atoms with Crippen molar-refractivity contribution in [2.75, 3.05) is 26.6 Å². The molecule has 0 amide bonds. The Balaban J connectivity index is 2.91. The van der Waals surface area contributed by atoms with Crippen LogP contribution in [0.5, 0.6) is 5.06 Å². The van der Waals surface area contributed by atoms with Crippen LogP contribution in [0.25, 0.3) is 0 Å². The number of methoxy groups -OCH3 is 1. The van der Waals surface area contributed by atoms with Crippen LogP contribution < -0.4 is 4.74 Å². The number of thiophene rings is 1. The Kier molecular flexibility index (Phi) is 6.20. The van der Waals surface area contributed by atoms with E-state index in [9.17, 15) is 0 Å². The van der Waals surface area contributed by atoms with Crippen LogP contribution >= 0.6 is 23.1 Å². The Morgan fingerprint density at radius 2 is 1.94 bits per heavy atom. The van der Waals surface area contributed by atoms with Gasteiger partial charge in [0.2, 0.25) is 0 Å². The van der Waals surface area contributed by atoms with Crippen molar-refractivity contribution in [3.8, 4) is 5.06 Å². The largest absolute Gasteiger partial charge is 0.487 e. The van der Waals surface area contributed by atoms with E-state index in [1.807, 2.05) is 26.2 Å². The first kappa shape index (κ1) is 13.8. The molecule has 1 heterocycles. The molecule has 1 aromatic heterocycles. The zero-order valence-corrected chi connectivity index (χ0v) is 11.7. The zero-order chi connectivity index (χ0) is 12.0. The molecule has 3 nitrogen and oxygen atoms in total. The summed E-state index contributed by atoms with van der Waals surface area (Å²) in [6.45, 7) is 5.20. The van der Waals surface area contributed by atoms with Gasteiger partial charge in [-0.3, -0.25) is 0 Å². The Hall–Kier alpha value is -0.230. The maximum Gasteiger partial charge on any atom is 0.185 e. The lowest BCUT2D eigenvalue weighted by molar-refractivity contribution is -0.141. The van der Waals surface area contributed by atoms with Crippen molar-refractivity contribution in [1.29, 1.82) is 0 Å². The average molecular weight is 262 g/mol. The molecule has 0 aliphatic rings. The summed E-state index contributed by atoms with van der Waals surface area (Å²) in [6.07, 6.45) is 1.77. The van der Waals surface area contributed by atoms with Gasteiger partial charge in [-0.2, -0.15) is 0 Å². The molecule has 0 unspecified atom stereocenters. The fourth-order valence-electron chi connectivity index (χ4n) is 1.32. The minimum Gasteiger partial charge on any atom is -0.487 e. The average Bonchev–Trinajstić information content (AvgIpc) is 2.72. The molecule has 1 aromatic rings. The summed E-state index contributed by atoms with van der Waals surface area (Å²) >= 11 is 3.31. The van der Waals surface area contributed by atoms with Crippen LogP contribution in [0, 0.1) is 0 Å². The summed E-state index contributed by atoms with van der Waals surface area (Å²) in [5, 5.41) is 0.892. The number of rotatable bonds is 7. The van der Waals surface area contributed by atoms with Gasteiger partial charge in [0.15, 0.2) is 11.4 Å². The third kappa shape index (κ3) is 3.38. The monoisotopic (exact) mass is 262 g/mol. The quantitative estimate of drug-likeness (QED) is 0.555. The van der Waals surface area contributed by atoms with E-state index in [0.717, 1.165) is 10.6 Å². The minimum absolute atomic E-state index is 0.280. The zero-order valence-electron chi connectivity index (χ0n) is 10.1. The van der Waals surface area contributed by atoms with Crippen molar-refractivity contribution in [3.05, 3.63) is 11.6 Å². The van der Waals surface area contributed by atoms with Crippen LogP contribution in [0.3, 0.4) is 0 Å². The van der Waals surface area contributed by atoms with Crippen LogP contribution in [0.15, 0.2) is 10.3 Å². The highest BCUT2D eigenvalue weighted by Gasteiger charge is 2.19. The lowest BCUT2D eigenvalue weighted by Gasteiger charge is -2.16. The topological polar surface area (TPSA) is 27.7 Å². The van der Waals surface area contributed by atoms with E-state index in [2.05, 4.69) is 0 Å². The van der Waals surface area contributed by atoms with Crippen molar-refractivity contribution in [2.45, 2.75) is 24.3 Å². The predicted molar refractivity (Wildman–Crippen MR) is 68.6 cm³/mol. The summed E-state index contributed by atoms with van der Waals surface area (Å²) < 4.78 is 17.6. The van der Waals surface area contributed by atoms with Gasteiger partial charge in [0.1, 0.15) is 0 Å². The Morgan fingerprint density at radius 1 is 1.31 bits per heavy atom. The fourth-order valence-corrected chi connectivity index (χ4v) is 3.02. The smallest absolute Gasteiger partial charge is 0.185 e. The molecule has 0 N–H and O–H groups in total. The third-order valence-electron chi connectivity index (χ3n) is 1.98. The van der Waals surface area contributed by atoms with Crippen molar-refractivity contribution in [2.24, 2.45) is 0 Å². The van der Waals surface area contributed by atoms with Crippen LogP contribution in [0.2, 0.25) is 0 Å². The minimum atomic E-state index is -0.280. The van der Waals surface area contributed by atoms with Gasteiger partial charge in [0.25, 0.3) is 0 Å². The van der Waals surface area contributed by atoms with Crippen LogP contribution in [0.1, 0.15) is 25.7 Å². The van der Waals surface area contributed by atoms with Crippen molar-refractivity contribution in [3.63, 3.8) is 0 Å². The van der Waals surface area contributed by atoms with Crippen LogP contribution in [0.4, 0.5) is 0 Å². The van der Waals surface area contributed by atoms with E-state index in [4.69, 9.17) is 14.2 Å². The maximum absolute atomic E-state index is 5.58. The van der Waals surface area contributed by atoms with E-state index in [1.54, 1.807) is 30.2 Å². The molecule has 0 saturated heterocycles. The highest BCUT2D eigenvalue weighted by Crippen LogP contribution is 2.40. The second kappa shape index (κ2) is 7.17. The number of hydrogen-bond donors (Lipinski definition) is 0. The Labute approximate surface area is 105 Å². The SMILES string of the molecule is CCOC(OCC)c1cc(OC)sc1SC. The molecule has 0 aliphatic carbocycles. The van der Waals surface area contributed by atoms with Crippen molar-refractivity contribution >= 4 is 23.1 Å². The predicted octanol–water partition coefficient (Wildman–Crippen LogP) is 3.55. The summed E-state index contributed by atoms with van der Waals surface area (Å²) in [6, 6.07) is 1.99. The van der Waals surface area contributed by atoms with Gasteiger partial charge in [-0.25, -0.2) is 0 Å². The molecule has 0 aromatic carbocycles. The van der Waals surface area contributed by atoms with Crippen molar-refractivity contribution in [1.82, 2.24) is 0 Å². The maximum atomic E-state index is 5.58. The van der Waals surface area contributed by atoms with Gasteiger partial charge in [0.05, 0.1) is 11.3 Å². The van der Waals surface area contributed by atoms with Gasteiger partial charge < -0.3 is 14.2 Å². The molecule has 0 aliphatic heterocycles. The molecule has 16 heavy (non-hydrogen) atoms. The fraction of sp³-hybridized carbons (Fsp3) is 0.636. The van der Waals surface area contributed by atoms with E-state index in [-0.39, 0.29) is 6.29 Å². The summed E-state index contributed by atoms with van der Waals surface area (Å²) in [7, 11) is 1.68. The number of hydrogen-bond acceptors (Lipinski definition) is 5. The Bertz CT molecular complexity index is 306. The molecule has 0 radical (unpaired) electrons. The lowest BCUT2D eigenvalue weighted by Crippen LogP contribution is -2.08. The lowest BCUT2D eigenvalue weighted by atomic mass is 10.3. The second-order valence-electron chi connectivity index (χ2n) is 2.96. The molecular weight excluding hydrogens is 244 g/mol. The van der Waals surface area contributed by atoms with Crippen LogP contribution in [-0.4, -0.2) is 26.6 Å². The standard InChI is InChI=1S/C11H18O3S2/c1-5-13-10(14-6-2)8-7-9(12-3)16-11(8)15-4/h7,10H,5-6H2,1-4H3. The van der Waals surface area contributed by atoms with Crippen LogP contribution in [-0.2, 0) is 9.47 Å². The molecule has 92 valence electrons. The van der Waals surface area contributed by atoms with E-state index in [0.29, 0.717) is 13.2 Å². The highest BCUT2D eigenvalue weighted by atomic mass is 32.2. The normalized spacial score (nSPS) is 11.1. The summed E-state index contributed by atoms with van der Waals surface area (Å²) in [4.78, 5) is 0. The number of ether oxygens (including phenoxy) is 3. The first-order valence-corrected chi connectivity index (χ1v) is 7.25. The first-order valence-electron chi connectivity index (χ1n) is 5.21. The van der Waals surface area contributed by atoms with Crippen molar-refractivity contribution < 1.29 is 14.2 Å². The number of thioether (sulfide) groups is 1. The summed E-state index contributed by atoms with van der Waals surface area (Å²) in [5.74, 6) is 0. The summed E-state index contributed by atoms with van der Waals surface area (Å²) in [5.41, 5.74) is 1.07. The molecule has 0 bridgehead atoms. The molecule has 0 saturated carbocycles. The molecular formula is C11H18O3S2. The molecule has 1 rings (SSSR count). The van der Waals surface area contributed by atoms with E-state index >= 15 is 0 Å². The highest BCUT2D eigenvalue weighted by molar-refractivity contribution is 8.00. The van der Waals surface area contributed by atoms with Gasteiger partial charge in [-0.15, -0.1) is 11.8 Å². The van der Waals surface area contributed by atoms with Gasteiger partial charge >= 0.3 is 0 Å². The Morgan fingerprint density at radius 3 is 2.38 bits per heavy atom. The third-order valence-corrected chi connectivity index (χ3v) is 4.24. The van der Waals surface area contributed by atoms with E-state index < -0.39 is 0 Å². The second-order valence-corrected chi connectivity index (χ2v) is 5.05. The first-order chi connectivity index (χ1) is 7.76. The van der Waals surface area contributed by atoms with Gasteiger partial charge in [0, 0.05) is 24.8 Å². The van der Waals surface area contributed by atoms with E-state index in [1.165, 1.54) is 4.21 Å². The van der Waals surface area contributed by atoms with Gasteiger partial charge in [-0.05, 0) is 20.1 Å². The molecule has 0 atom stereocenters. The van der Waals surface area contributed by atoms with Gasteiger partial charge in [-0.1, -0.05) is 11.3 Å². The molecule has 0 spiro atoms. The molecule has 0 fully saturated rings. The molecule has 5 heteroatoms.